The van der Waals surface area contributed by atoms with Crippen LogP contribution in [0, 0.1) is 11.8 Å². The third-order valence-electron chi connectivity index (χ3n) is 5.78. The molecule has 2 fully saturated rings. The minimum Gasteiger partial charge on any atom is -0.497 e. The van der Waals surface area contributed by atoms with Crippen LogP contribution in [0.5, 0.6) is 5.75 Å². The van der Waals surface area contributed by atoms with Crippen molar-refractivity contribution in [3.05, 3.63) is 29.8 Å². The van der Waals surface area contributed by atoms with Gasteiger partial charge in [-0.25, -0.2) is 0 Å². The van der Waals surface area contributed by atoms with E-state index >= 15 is 0 Å². The quantitative estimate of drug-likeness (QED) is 0.822. The van der Waals surface area contributed by atoms with Gasteiger partial charge >= 0.3 is 0 Å². The van der Waals surface area contributed by atoms with Gasteiger partial charge in [-0.3, -0.25) is 4.79 Å². The van der Waals surface area contributed by atoms with E-state index < -0.39 is 0 Å². The lowest BCUT2D eigenvalue weighted by Gasteiger charge is -2.37. The predicted octanol–water partition coefficient (Wildman–Crippen LogP) is 3.21. The van der Waals surface area contributed by atoms with E-state index in [0.717, 1.165) is 57.7 Å². The number of ether oxygens (including phenoxy) is 1. The van der Waals surface area contributed by atoms with Gasteiger partial charge in [0.2, 0.25) is 5.91 Å². The third-order valence-corrected chi connectivity index (χ3v) is 5.78. The summed E-state index contributed by atoms with van der Waals surface area (Å²) in [5, 5.41) is 0. The first-order valence-electron chi connectivity index (χ1n) is 9.80. The summed E-state index contributed by atoms with van der Waals surface area (Å²) < 4.78 is 5.21. The molecule has 1 unspecified atom stereocenters. The number of amides is 1. The lowest BCUT2D eigenvalue weighted by molar-refractivity contribution is -0.138. The van der Waals surface area contributed by atoms with E-state index in [-0.39, 0.29) is 5.92 Å². The number of methoxy groups -OCH3 is 1. The summed E-state index contributed by atoms with van der Waals surface area (Å²) in [6.45, 7) is 7.39. The van der Waals surface area contributed by atoms with Crippen molar-refractivity contribution < 1.29 is 9.53 Å². The van der Waals surface area contributed by atoms with E-state index in [1.807, 2.05) is 12.1 Å². The summed E-state index contributed by atoms with van der Waals surface area (Å²) in [6, 6.07) is 8.35. The minimum absolute atomic E-state index is 0.252. The summed E-state index contributed by atoms with van der Waals surface area (Å²) in [4.78, 5) is 17.4. The van der Waals surface area contributed by atoms with E-state index in [1.165, 1.54) is 18.4 Å². The van der Waals surface area contributed by atoms with Gasteiger partial charge in [-0.2, -0.15) is 0 Å². The first kappa shape index (κ1) is 18.2. The molecule has 3 rings (SSSR count). The van der Waals surface area contributed by atoms with Gasteiger partial charge in [0.15, 0.2) is 0 Å². The van der Waals surface area contributed by atoms with Crippen molar-refractivity contribution >= 4 is 5.91 Å². The van der Waals surface area contributed by atoms with Crippen LogP contribution in [0.1, 0.15) is 38.2 Å². The van der Waals surface area contributed by atoms with Crippen LogP contribution in [-0.4, -0.2) is 55.5 Å². The molecule has 0 saturated carbocycles. The lowest BCUT2D eigenvalue weighted by Crippen LogP contribution is -2.46. The van der Waals surface area contributed by atoms with Crippen LogP contribution in [0.3, 0.4) is 0 Å². The van der Waals surface area contributed by atoms with Gasteiger partial charge in [0.05, 0.1) is 7.11 Å². The molecular formula is C21H32N2O2. The Bertz CT molecular complexity index is 550. The SMILES string of the molecule is COc1ccc(CCN2CCC(C(=O)N3CCCC(C)C3)CC2)cc1. The molecule has 1 atom stereocenters. The predicted molar refractivity (Wildman–Crippen MR) is 101 cm³/mol. The molecule has 0 aliphatic carbocycles. The number of piperidine rings is 2. The average molecular weight is 344 g/mol. The van der Waals surface area contributed by atoms with Gasteiger partial charge in [0, 0.05) is 25.6 Å². The second-order valence-electron chi connectivity index (χ2n) is 7.75. The van der Waals surface area contributed by atoms with E-state index in [0.29, 0.717) is 11.8 Å². The zero-order chi connectivity index (χ0) is 17.6. The molecule has 2 aliphatic heterocycles. The highest BCUT2D eigenvalue weighted by atomic mass is 16.5. The molecule has 1 aromatic rings. The number of carbonyl (C=O) groups is 1. The van der Waals surface area contributed by atoms with Crippen molar-refractivity contribution in [3.8, 4) is 5.75 Å². The van der Waals surface area contributed by atoms with Gasteiger partial charge in [-0.05, 0) is 68.8 Å². The Hall–Kier alpha value is -1.55. The summed E-state index contributed by atoms with van der Waals surface area (Å²) >= 11 is 0. The number of rotatable bonds is 5. The lowest BCUT2D eigenvalue weighted by atomic mass is 9.92. The normalized spacial score (nSPS) is 22.8. The van der Waals surface area contributed by atoms with Crippen molar-refractivity contribution in [1.29, 1.82) is 0 Å². The van der Waals surface area contributed by atoms with Gasteiger partial charge in [-0.1, -0.05) is 19.1 Å². The monoisotopic (exact) mass is 344 g/mol. The summed E-state index contributed by atoms with van der Waals surface area (Å²) in [5.74, 6) is 2.25. The maximum absolute atomic E-state index is 12.7. The zero-order valence-electron chi connectivity index (χ0n) is 15.7. The Labute approximate surface area is 152 Å². The average Bonchev–Trinajstić information content (AvgIpc) is 2.66. The second-order valence-corrected chi connectivity index (χ2v) is 7.75. The molecule has 4 nitrogen and oxygen atoms in total. The molecule has 1 aromatic carbocycles. The molecular weight excluding hydrogens is 312 g/mol. The maximum atomic E-state index is 12.7. The van der Waals surface area contributed by atoms with Crippen LogP contribution in [-0.2, 0) is 11.2 Å². The Morgan fingerprint density at radius 2 is 1.84 bits per heavy atom. The highest BCUT2D eigenvalue weighted by Gasteiger charge is 2.30. The fourth-order valence-electron chi connectivity index (χ4n) is 4.13. The molecule has 2 heterocycles. The Morgan fingerprint density at radius 3 is 2.48 bits per heavy atom. The van der Waals surface area contributed by atoms with Crippen molar-refractivity contribution in [2.75, 3.05) is 39.8 Å². The fourth-order valence-corrected chi connectivity index (χ4v) is 4.13. The van der Waals surface area contributed by atoms with Crippen LogP contribution in [0.2, 0.25) is 0 Å². The van der Waals surface area contributed by atoms with Gasteiger partial charge in [0.25, 0.3) is 0 Å². The Kier molecular flexibility index (Phi) is 6.35. The molecule has 0 spiro atoms. The smallest absolute Gasteiger partial charge is 0.225 e. The van der Waals surface area contributed by atoms with Gasteiger partial charge < -0.3 is 14.5 Å². The van der Waals surface area contributed by atoms with Crippen LogP contribution in [0.15, 0.2) is 24.3 Å². The first-order valence-corrected chi connectivity index (χ1v) is 9.80. The molecule has 2 saturated heterocycles. The maximum Gasteiger partial charge on any atom is 0.225 e. The highest BCUT2D eigenvalue weighted by Crippen LogP contribution is 2.24. The van der Waals surface area contributed by atoms with Gasteiger partial charge in [-0.15, -0.1) is 0 Å². The van der Waals surface area contributed by atoms with Crippen LogP contribution >= 0.6 is 0 Å². The zero-order valence-corrected chi connectivity index (χ0v) is 15.7. The molecule has 0 N–H and O–H groups in total. The molecule has 138 valence electrons. The first-order chi connectivity index (χ1) is 12.2. The van der Waals surface area contributed by atoms with Crippen LogP contribution in [0.25, 0.3) is 0 Å². The summed E-state index contributed by atoms with van der Waals surface area (Å²) in [5.41, 5.74) is 1.35. The van der Waals surface area contributed by atoms with E-state index in [1.54, 1.807) is 7.11 Å². The Morgan fingerprint density at radius 1 is 1.12 bits per heavy atom. The highest BCUT2D eigenvalue weighted by molar-refractivity contribution is 5.79. The second kappa shape index (κ2) is 8.70. The number of hydrogen-bond donors (Lipinski definition) is 0. The standard InChI is InChI=1S/C21H32N2O2/c1-17-4-3-12-23(16-17)21(24)19-10-14-22(15-11-19)13-9-18-5-7-20(25-2)8-6-18/h5-8,17,19H,3-4,9-16H2,1-2H3. The summed E-state index contributed by atoms with van der Waals surface area (Å²) in [7, 11) is 1.70. The van der Waals surface area contributed by atoms with Crippen LogP contribution in [0.4, 0.5) is 0 Å². The molecule has 0 radical (unpaired) electrons. The van der Waals surface area contributed by atoms with Crippen LogP contribution < -0.4 is 4.74 Å². The third kappa shape index (κ3) is 4.97. The molecule has 25 heavy (non-hydrogen) atoms. The fraction of sp³-hybridized carbons (Fsp3) is 0.667. The van der Waals surface area contributed by atoms with Gasteiger partial charge in [0.1, 0.15) is 5.75 Å². The van der Waals surface area contributed by atoms with E-state index in [9.17, 15) is 4.79 Å². The molecule has 2 aliphatic rings. The van der Waals surface area contributed by atoms with Crippen molar-refractivity contribution in [3.63, 3.8) is 0 Å². The van der Waals surface area contributed by atoms with Crippen molar-refractivity contribution in [1.82, 2.24) is 9.80 Å². The van der Waals surface area contributed by atoms with Crippen molar-refractivity contribution in [2.45, 2.75) is 39.0 Å². The molecule has 1 amide bonds. The minimum atomic E-state index is 0.252. The number of carbonyl (C=O) groups excluding carboxylic acids is 1. The van der Waals surface area contributed by atoms with E-state index in [2.05, 4.69) is 28.9 Å². The molecule has 0 bridgehead atoms. The molecule has 4 heteroatoms. The van der Waals surface area contributed by atoms with E-state index in [4.69, 9.17) is 4.74 Å². The van der Waals surface area contributed by atoms with Crippen molar-refractivity contribution in [2.24, 2.45) is 11.8 Å². The number of nitrogens with zero attached hydrogens (tertiary/aromatic N) is 2. The number of likely N-dealkylation sites (tertiary alicyclic amines) is 2. The number of benzene rings is 1. The number of hydrogen-bond acceptors (Lipinski definition) is 3. The topological polar surface area (TPSA) is 32.8 Å². The summed E-state index contributed by atoms with van der Waals surface area (Å²) in [6.07, 6.45) is 5.55. The molecule has 0 aromatic heterocycles. The largest absolute Gasteiger partial charge is 0.497 e. The Balaban J connectivity index is 1.41.